The van der Waals surface area contributed by atoms with Gasteiger partial charge in [-0.15, -0.1) is 0 Å². The summed E-state index contributed by atoms with van der Waals surface area (Å²) in [5.74, 6) is 1.02. The summed E-state index contributed by atoms with van der Waals surface area (Å²) in [6.45, 7) is 8.69. The maximum Gasteiger partial charge on any atom is 0.144 e. The zero-order valence-electron chi connectivity index (χ0n) is 10.7. The first-order valence-corrected chi connectivity index (χ1v) is 6.24. The zero-order chi connectivity index (χ0) is 11.9. The Kier molecular flexibility index (Phi) is 2.81. The van der Waals surface area contributed by atoms with Gasteiger partial charge in [0.1, 0.15) is 5.78 Å². The van der Waals surface area contributed by atoms with Gasteiger partial charge in [0.25, 0.3) is 0 Å². The lowest BCUT2D eigenvalue weighted by Crippen LogP contribution is -2.45. The summed E-state index contributed by atoms with van der Waals surface area (Å²) in [5, 5.41) is 4.38. The number of fused-ring (bicyclic) bond motifs is 1. The van der Waals surface area contributed by atoms with E-state index in [1.54, 1.807) is 0 Å². The fraction of sp³-hybridized carbons (Fsp3) is 0.846. The highest BCUT2D eigenvalue weighted by atomic mass is 16.1. The number of carbonyl (C=O) groups excluding carboxylic acids is 1. The van der Waals surface area contributed by atoms with Gasteiger partial charge in [-0.2, -0.15) is 5.10 Å². The van der Waals surface area contributed by atoms with Crippen LogP contribution in [-0.2, 0) is 4.79 Å². The van der Waals surface area contributed by atoms with Crippen LogP contribution in [0.15, 0.2) is 5.10 Å². The van der Waals surface area contributed by atoms with Crippen LogP contribution in [-0.4, -0.2) is 17.5 Å². The molecule has 1 aliphatic heterocycles. The first-order valence-electron chi connectivity index (χ1n) is 6.24. The van der Waals surface area contributed by atoms with Crippen LogP contribution in [0.2, 0.25) is 0 Å². The van der Waals surface area contributed by atoms with Crippen LogP contribution in [0, 0.1) is 17.3 Å². The Labute approximate surface area is 97.7 Å². The number of ketones is 1. The molecular weight excluding hydrogens is 200 g/mol. The second kappa shape index (κ2) is 3.86. The summed E-state index contributed by atoms with van der Waals surface area (Å²) in [5.41, 5.74) is 4.38. The second-order valence-electron chi connectivity index (χ2n) is 6.43. The molecule has 0 aromatic heterocycles. The van der Waals surface area contributed by atoms with Crippen molar-refractivity contribution in [3.63, 3.8) is 0 Å². The molecule has 90 valence electrons. The molecule has 2 atom stereocenters. The molecule has 2 aliphatic rings. The first kappa shape index (κ1) is 11.6. The highest BCUT2D eigenvalue weighted by Crippen LogP contribution is 2.39. The Bertz CT molecular complexity index is 331. The number of hydrazone groups is 1. The molecule has 0 unspecified atom stereocenters. The molecule has 0 aromatic rings. The predicted octanol–water partition coefficient (Wildman–Crippen LogP) is 2.37. The van der Waals surface area contributed by atoms with Crippen LogP contribution in [0.3, 0.4) is 0 Å². The van der Waals surface area contributed by atoms with Gasteiger partial charge in [-0.3, -0.25) is 4.79 Å². The van der Waals surface area contributed by atoms with E-state index in [-0.39, 0.29) is 17.4 Å². The molecule has 0 radical (unpaired) electrons. The van der Waals surface area contributed by atoms with Crippen LogP contribution in [0.5, 0.6) is 0 Å². The van der Waals surface area contributed by atoms with E-state index in [2.05, 4.69) is 38.2 Å². The summed E-state index contributed by atoms with van der Waals surface area (Å²) in [6, 6.07) is 0.255. The van der Waals surface area contributed by atoms with Crippen molar-refractivity contribution in [1.29, 1.82) is 0 Å². The van der Waals surface area contributed by atoms with Crippen molar-refractivity contribution in [3.05, 3.63) is 0 Å². The number of nitrogens with one attached hydrogen (secondary N) is 1. The molecule has 1 aliphatic carbocycles. The van der Waals surface area contributed by atoms with Crippen LogP contribution in [0.25, 0.3) is 0 Å². The van der Waals surface area contributed by atoms with E-state index in [1.165, 1.54) is 0 Å². The van der Waals surface area contributed by atoms with E-state index < -0.39 is 0 Å². The third-order valence-electron chi connectivity index (χ3n) is 3.52. The van der Waals surface area contributed by atoms with E-state index in [4.69, 9.17) is 0 Å². The molecule has 0 spiro atoms. The second-order valence-corrected chi connectivity index (χ2v) is 6.43. The molecule has 0 saturated heterocycles. The van der Waals surface area contributed by atoms with Crippen molar-refractivity contribution in [2.75, 3.05) is 0 Å². The summed E-state index contributed by atoms with van der Waals surface area (Å²) in [4.78, 5) is 12.2. The quantitative estimate of drug-likeness (QED) is 0.779. The van der Waals surface area contributed by atoms with Gasteiger partial charge < -0.3 is 5.43 Å². The van der Waals surface area contributed by atoms with Crippen LogP contribution < -0.4 is 5.43 Å². The number of rotatable bonds is 2. The maximum atomic E-state index is 12.2. The first-order chi connectivity index (χ1) is 7.39. The van der Waals surface area contributed by atoms with E-state index in [1.807, 2.05) is 0 Å². The third kappa shape index (κ3) is 2.13. The molecule has 1 saturated carbocycles. The molecule has 2 rings (SSSR count). The van der Waals surface area contributed by atoms with Crippen molar-refractivity contribution in [2.45, 2.75) is 53.0 Å². The van der Waals surface area contributed by atoms with Crippen molar-refractivity contribution in [3.8, 4) is 0 Å². The smallest absolute Gasteiger partial charge is 0.144 e. The molecule has 0 amide bonds. The van der Waals surface area contributed by atoms with E-state index in [0.717, 1.165) is 18.6 Å². The molecule has 0 bridgehead atoms. The fourth-order valence-corrected chi connectivity index (χ4v) is 2.96. The monoisotopic (exact) mass is 222 g/mol. The minimum absolute atomic E-state index is 0.0652. The molecule has 0 aromatic carbocycles. The molecule has 3 nitrogen and oxygen atoms in total. The molecular formula is C13H22N2O. The van der Waals surface area contributed by atoms with Crippen LogP contribution in [0.1, 0.15) is 47.0 Å². The fourth-order valence-electron chi connectivity index (χ4n) is 2.96. The molecule has 16 heavy (non-hydrogen) atoms. The van der Waals surface area contributed by atoms with Gasteiger partial charge in [0.05, 0.1) is 17.7 Å². The Hall–Kier alpha value is -0.860. The molecule has 1 heterocycles. The van der Waals surface area contributed by atoms with Crippen molar-refractivity contribution >= 4 is 11.5 Å². The van der Waals surface area contributed by atoms with Crippen LogP contribution in [0.4, 0.5) is 0 Å². The predicted molar refractivity (Wildman–Crippen MR) is 65.3 cm³/mol. The van der Waals surface area contributed by atoms with Gasteiger partial charge >= 0.3 is 0 Å². The highest BCUT2D eigenvalue weighted by molar-refractivity contribution is 6.07. The van der Waals surface area contributed by atoms with E-state index in [0.29, 0.717) is 18.1 Å². The van der Waals surface area contributed by atoms with Gasteiger partial charge in [0.2, 0.25) is 0 Å². The summed E-state index contributed by atoms with van der Waals surface area (Å²) < 4.78 is 0. The SMILES string of the molecule is CC(C)CC1=NN[C@H]2CC(C)(C)CC(=O)[C@H]12. The molecule has 1 N–H and O–H groups in total. The maximum absolute atomic E-state index is 12.2. The van der Waals surface area contributed by atoms with Crippen molar-refractivity contribution < 1.29 is 4.79 Å². The lowest BCUT2D eigenvalue weighted by molar-refractivity contribution is -0.126. The Morgan fingerprint density at radius 3 is 2.81 bits per heavy atom. The topological polar surface area (TPSA) is 41.5 Å². The summed E-state index contributed by atoms with van der Waals surface area (Å²) in [7, 11) is 0. The Morgan fingerprint density at radius 2 is 2.19 bits per heavy atom. The van der Waals surface area contributed by atoms with E-state index >= 15 is 0 Å². The zero-order valence-corrected chi connectivity index (χ0v) is 10.7. The summed E-state index contributed by atoms with van der Waals surface area (Å²) >= 11 is 0. The Balaban J connectivity index is 2.12. The van der Waals surface area contributed by atoms with Gasteiger partial charge in [0, 0.05) is 6.42 Å². The van der Waals surface area contributed by atoms with Crippen molar-refractivity contribution in [2.24, 2.45) is 22.4 Å². The number of hydrogen-bond donors (Lipinski definition) is 1. The van der Waals surface area contributed by atoms with Crippen molar-refractivity contribution in [1.82, 2.24) is 5.43 Å². The lowest BCUT2D eigenvalue weighted by Gasteiger charge is -2.36. The number of nitrogens with zero attached hydrogens (tertiary/aromatic N) is 1. The standard InChI is InChI=1S/C13H22N2O/c1-8(2)5-9-12-10(15-14-9)6-13(3,4)7-11(12)16/h8,10,12,15H,5-7H2,1-4H3/t10-,12+/m0/s1. The van der Waals surface area contributed by atoms with Crippen LogP contribution >= 0.6 is 0 Å². The molecule has 1 fully saturated rings. The minimum Gasteiger partial charge on any atom is -0.306 e. The van der Waals surface area contributed by atoms with Gasteiger partial charge in [-0.1, -0.05) is 27.7 Å². The minimum atomic E-state index is 0.0652. The molecule has 3 heteroatoms. The number of carbonyl (C=O) groups is 1. The average molecular weight is 222 g/mol. The number of Topliss-reactive ketones (excluding diaryl/α,β-unsaturated/α-hetero) is 1. The largest absolute Gasteiger partial charge is 0.306 e. The normalized spacial score (nSPS) is 32.3. The Morgan fingerprint density at radius 1 is 1.50 bits per heavy atom. The van der Waals surface area contributed by atoms with Gasteiger partial charge in [-0.25, -0.2) is 0 Å². The highest BCUT2D eigenvalue weighted by Gasteiger charge is 2.45. The van der Waals surface area contributed by atoms with Gasteiger partial charge in [-0.05, 0) is 24.2 Å². The van der Waals surface area contributed by atoms with Gasteiger partial charge in [0.15, 0.2) is 0 Å². The third-order valence-corrected chi connectivity index (χ3v) is 3.52. The summed E-state index contributed by atoms with van der Waals surface area (Å²) in [6.07, 6.45) is 2.70. The lowest BCUT2D eigenvalue weighted by atomic mass is 9.68. The van der Waals surface area contributed by atoms with E-state index in [9.17, 15) is 4.79 Å². The number of hydrogen-bond acceptors (Lipinski definition) is 3. The average Bonchev–Trinajstić information content (AvgIpc) is 2.44.